The maximum atomic E-state index is 14.6. The minimum Gasteiger partial charge on any atom is -0.328 e. The zero-order valence-electron chi connectivity index (χ0n) is 18.8. The van der Waals surface area contributed by atoms with Gasteiger partial charge in [-0.3, -0.25) is 9.78 Å². The average molecular weight is 613 g/mol. The van der Waals surface area contributed by atoms with Crippen LogP contribution in [0.2, 0.25) is 0 Å². The van der Waals surface area contributed by atoms with Crippen molar-refractivity contribution in [1.82, 2.24) is 14.6 Å². The van der Waals surface area contributed by atoms with Crippen molar-refractivity contribution in [1.29, 1.82) is 0 Å². The number of hydrogen-bond donors (Lipinski definition) is 1. The summed E-state index contributed by atoms with van der Waals surface area (Å²) in [4.78, 5) is 19.3. The quantitative estimate of drug-likeness (QED) is 0.373. The number of halogens is 3. The summed E-state index contributed by atoms with van der Waals surface area (Å²) in [5.74, 6) is -0.925. The van der Waals surface area contributed by atoms with Gasteiger partial charge in [0.2, 0.25) is 10.0 Å². The zero-order chi connectivity index (χ0) is 25.1. The zero-order valence-corrected chi connectivity index (χ0v) is 22.8. The number of benzene rings is 2. The van der Waals surface area contributed by atoms with Crippen LogP contribution >= 0.6 is 31.9 Å². The van der Waals surface area contributed by atoms with E-state index in [4.69, 9.17) is 0 Å². The summed E-state index contributed by atoms with van der Waals surface area (Å²) in [5, 5.41) is 0. The van der Waals surface area contributed by atoms with Crippen LogP contribution in [0, 0.1) is 5.82 Å². The van der Waals surface area contributed by atoms with Crippen LogP contribution in [0.5, 0.6) is 0 Å². The molecule has 0 fully saturated rings. The highest BCUT2D eigenvalue weighted by molar-refractivity contribution is 9.10. The smallest absolute Gasteiger partial charge is 0.255 e. The second-order valence-electron chi connectivity index (χ2n) is 8.72. The van der Waals surface area contributed by atoms with Gasteiger partial charge in [-0.15, -0.1) is 0 Å². The fraction of sp³-hybridized carbons (Fsp3) is 0.250. The molecule has 10 heteroatoms. The fourth-order valence-electron chi connectivity index (χ4n) is 3.21. The van der Waals surface area contributed by atoms with Gasteiger partial charge in [0.05, 0.1) is 22.7 Å². The Hall–Kier alpha value is -2.14. The normalized spacial score (nSPS) is 11.9. The van der Waals surface area contributed by atoms with E-state index in [1.165, 1.54) is 29.2 Å². The molecule has 1 aromatic heterocycles. The Bertz CT molecular complexity index is 1300. The third kappa shape index (κ3) is 6.94. The molecular weight excluding hydrogens is 589 g/mol. The highest BCUT2D eigenvalue weighted by Gasteiger charge is 2.26. The summed E-state index contributed by atoms with van der Waals surface area (Å²) in [5.41, 5.74) is 0.384. The van der Waals surface area contributed by atoms with E-state index in [0.29, 0.717) is 20.2 Å². The van der Waals surface area contributed by atoms with Crippen molar-refractivity contribution in [3.63, 3.8) is 0 Å². The lowest BCUT2D eigenvalue weighted by Crippen LogP contribution is -2.40. The number of nitrogens with zero attached hydrogens (tertiary/aromatic N) is 2. The summed E-state index contributed by atoms with van der Waals surface area (Å²) >= 11 is 6.60. The van der Waals surface area contributed by atoms with E-state index >= 15 is 0 Å². The predicted molar refractivity (Wildman–Crippen MR) is 136 cm³/mol. The molecule has 6 nitrogen and oxygen atoms in total. The predicted octanol–water partition coefficient (Wildman–Crippen LogP) is 5.67. The van der Waals surface area contributed by atoms with E-state index in [9.17, 15) is 17.6 Å². The molecule has 0 saturated carbocycles. The van der Waals surface area contributed by atoms with Gasteiger partial charge in [0.15, 0.2) is 0 Å². The van der Waals surface area contributed by atoms with Gasteiger partial charge in [-0.25, -0.2) is 17.5 Å². The lowest BCUT2D eigenvalue weighted by Gasteiger charge is -2.24. The van der Waals surface area contributed by atoms with Crippen molar-refractivity contribution in [3.05, 3.63) is 92.4 Å². The van der Waals surface area contributed by atoms with Crippen molar-refractivity contribution < 1.29 is 17.6 Å². The van der Waals surface area contributed by atoms with Crippen molar-refractivity contribution in [2.45, 2.75) is 44.3 Å². The van der Waals surface area contributed by atoms with Crippen LogP contribution in [0.3, 0.4) is 0 Å². The molecule has 0 unspecified atom stereocenters. The second kappa shape index (κ2) is 10.6. The molecule has 0 radical (unpaired) electrons. The summed E-state index contributed by atoms with van der Waals surface area (Å²) < 4.78 is 43.9. The molecule has 3 rings (SSSR count). The highest BCUT2D eigenvalue weighted by atomic mass is 79.9. The molecule has 1 N–H and O–H groups in total. The van der Waals surface area contributed by atoms with Gasteiger partial charge in [-0.2, -0.15) is 0 Å². The molecule has 0 atom stereocenters. The Morgan fingerprint density at radius 3 is 2.41 bits per heavy atom. The van der Waals surface area contributed by atoms with E-state index < -0.39 is 27.3 Å². The number of amides is 1. The number of carbonyl (C=O) groups excluding carboxylic acids is 1. The molecule has 2 aromatic carbocycles. The summed E-state index contributed by atoms with van der Waals surface area (Å²) in [7, 11) is -3.86. The SMILES string of the molecule is CC(C)(C)NS(=O)(=O)c1ccc(Br)c(C(=O)N(Cc2ccccn2)Cc2ccc(Br)cc2F)c1. The maximum Gasteiger partial charge on any atom is 0.255 e. The van der Waals surface area contributed by atoms with Crippen molar-refractivity contribution in [2.75, 3.05) is 0 Å². The Kier molecular flexibility index (Phi) is 8.28. The Morgan fingerprint density at radius 2 is 1.79 bits per heavy atom. The van der Waals surface area contributed by atoms with Crippen LogP contribution in [0.4, 0.5) is 4.39 Å². The summed E-state index contributed by atoms with van der Waals surface area (Å²) in [6.07, 6.45) is 1.61. The number of pyridine rings is 1. The van der Waals surface area contributed by atoms with Gasteiger partial charge in [-0.05, 0) is 79.2 Å². The van der Waals surface area contributed by atoms with E-state index in [1.54, 1.807) is 57.3 Å². The van der Waals surface area contributed by atoms with Crippen molar-refractivity contribution in [3.8, 4) is 0 Å². The van der Waals surface area contributed by atoms with Crippen LogP contribution < -0.4 is 4.72 Å². The Balaban J connectivity index is 2.01. The molecule has 1 heterocycles. The largest absolute Gasteiger partial charge is 0.328 e. The standard InChI is InChI=1S/C24H24Br2FN3O3S/c1-24(2,3)29-34(32,33)19-9-10-21(26)20(13-19)23(31)30(15-18-6-4-5-11-28-18)14-16-7-8-17(25)12-22(16)27/h4-13,29H,14-15H2,1-3H3. The van der Waals surface area contributed by atoms with Gasteiger partial charge in [-0.1, -0.05) is 28.1 Å². The maximum absolute atomic E-state index is 14.6. The van der Waals surface area contributed by atoms with Crippen LogP contribution in [-0.2, 0) is 23.1 Å². The first-order valence-electron chi connectivity index (χ1n) is 10.3. The molecular formula is C24H24Br2FN3O3S. The third-order valence-electron chi connectivity index (χ3n) is 4.66. The van der Waals surface area contributed by atoms with Crippen molar-refractivity contribution in [2.24, 2.45) is 0 Å². The van der Waals surface area contributed by atoms with Gasteiger partial charge >= 0.3 is 0 Å². The van der Waals surface area contributed by atoms with E-state index in [-0.39, 0.29) is 23.5 Å². The minimum absolute atomic E-state index is 0.0296. The van der Waals surface area contributed by atoms with Gasteiger partial charge in [0.1, 0.15) is 5.82 Å². The molecule has 180 valence electrons. The number of rotatable bonds is 7. The van der Waals surface area contributed by atoms with Gasteiger partial charge in [0, 0.05) is 32.8 Å². The molecule has 1 amide bonds. The average Bonchev–Trinajstić information content (AvgIpc) is 2.74. The van der Waals surface area contributed by atoms with Crippen molar-refractivity contribution >= 4 is 47.8 Å². The molecule has 0 aliphatic heterocycles. The molecule has 0 saturated heterocycles. The number of carbonyl (C=O) groups is 1. The second-order valence-corrected chi connectivity index (χ2v) is 12.2. The van der Waals surface area contributed by atoms with Crippen LogP contribution in [-0.4, -0.2) is 29.7 Å². The number of aromatic nitrogens is 1. The summed E-state index contributed by atoms with van der Waals surface area (Å²) in [6, 6.07) is 14.2. The van der Waals surface area contributed by atoms with E-state index in [0.717, 1.165) is 0 Å². The molecule has 0 spiro atoms. The third-order valence-corrected chi connectivity index (χ3v) is 7.60. The first-order chi connectivity index (χ1) is 15.9. The number of sulfonamides is 1. The topological polar surface area (TPSA) is 79.4 Å². The Labute approximate surface area is 215 Å². The molecule has 34 heavy (non-hydrogen) atoms. The van der Waals surface area contributed by atoms with Crippen LogP contribution in [0.1, 0.15) is 42.4 Å². The lowest BCUT2D eigenvalue weighted by molar-refractivity contribution is 0.0725. The van der Waals surface area contributed by atoms with Gasteiger partial charge < -0.3 is 4.90 Å². The molecule has 0 aliphatic carbocycles. The first kappa shape index (κ1) is 26.5. The fourth-order valence-corrected chi connectivity index (χ4v) is 5.40. The van der Waals surface area contributed by atoms with E-state index in [2.05, 4.69) is 41.6 Å². The minimum atomic E-state index is -3.86. The van der Waals surface area contributed by atoms with E-state index in [1.807, 2.05) is 0 Å². The lowest BCUT2D eigenvalue weighted by atomic mass is 10.1. The highest BCUT2D eigenvalue weighted by Crippen LogP contribution is 2.26. The monoisotopic (exact) mass is 611 g/mol. The molecule has 0 aliphatic rings. The number of nitrogens with one attached hydrogen (secondary N) is 1. The first-order valence-corrected chi connectivity index (χ1v) is 13.4. The van der Waals surface area contributed by atoms with Gasteiger partial charge in [0.25, 0.3) is 5.91 Å². The Morgan fingerprint density at radius 1 is 1.06 bits per heavy atom. The molecule has 0 bridgehead atoms. The van der Waals surface area contributed by atoms with Crippen LogP contribution in [0.25, 0.3) is 0 Å². The summed E-state index contributed by atoms with van der Waals surface area (Å²) in [6.45, 7) is 5.28. The van der Waals surface area contributed by atoms with Crippen LogP contribution in [0.15, 0.2) is 74.6 Å². The number of hydrogen-bond acceptors (Lipinski definition) is 4. The molecule has 3 aromatic rings.